The van der Waals surface area contributed by atoms with Gasteiger partial charge in [-0.25, -0.2) is 4.79 Å². The fourth-order valence-corrected chi connectivity index (χ4v) is 3.77. The smallest absolute Gasteiger partial charge is 0.351 e. The van der Waals surface area contributed by atoms with Crippen LogP contribution in [0.1, 0.15) is 36.3 Å². The van der Waals surface area contributed by atoms with Gasteiger partial charge in [-0.05, 0) is 35.1 Å². The average molecular weight is 322 g/mol. The van der Waals surface area contributed by atoms with Crippen molar-refractivity contribution in [2.24, 2.45) is 0 Å². The maximum absolute atomic E-state index is 12.1. The fraction of sp³-hybridized carbons (Fsp3) is 0.350. The van der Waals surface area contributed by atoms with Crippen LogP contribution in [0.4, 0.5) is 4.79 Å². The van der Waals surface area contributed by atoms with Crippen molar-refractivity contribution < 1.29 is 9.63 Å². The summed E-state index contributed by atoms with van der Waals surface area (Å²) in [6.45, 7) is 2.23. The van der Waals surface area contributed by atoms with Gasteiger partial charge in [0.2, 0.25) is 0 Å². The zero-order chi connectivity index (χ0) is 16.4. The second-order valence-electron chi connectivity index (χ2n) is 6.48. The summed E-state index contributed by atoms with van der Waals surface area (Å²) in [7, 11) is 0. The molecule has 1 aliphatic heterocycles. The van der Waals surface area contributed by atoms with Gasteiger partial charge in [0.15, 0.2) is 0 Å². The quantitative estimate of drug-likeness (QED) is 0.931. The third-order valence-corrected chi connectivity index (χ3v) is 4.94. The van der Waals surface area contributed by atoms with Gasteiger partial charge in [-0.2, -0.15) is 0 Å². The van der Waals surface area contributed by atoms with Crippen LogP contribution in [-0.4, -0.2) is 30.8 Å². The highest BCUT2D eigenvalue weighted by Gasteiger charge is 2.28. The molecule has 1 N–H and O–H groups in total. The molecule has 124 valence electrons. The highest BCUT2D eigenvalue weighted by molar-refractivity contribution is 5.79. The molecule has 0 radical (unpaired) electrons. The standard InChI is InChI=1S/C20H22N2O2/c23-20(24-22-12-6-1-7-13-22)21-14-19-17-10-4-2-8-15(17)16-9-3-5-11-18(16)19/h2-5,8-11,19H,1,6-7,12-14H2,(H,21,23). The Morgan fingerprint density at radius 2 is 1.54 bits per heavy atom. The van der Waals surface area contributed by atoms with E-state index in [1.165, 1.54) is 28.7 Å². The van der Waals surface area contributed by atoms with Crippen LogP contribution in [0.15, 0.2) is 48.5 Å². The van der Waals surface area contributed by atoms with Crippen LogP contribution >= 0.6 is 0 Å². The van der Waals surface area contributed by atoms with Gasteiger partial charge in [0.1, 0.15) is 0 Å². The van der Waals surface area contributed by atoms with Crippen molar-refractivity contribution in [1.82, 2.24) is 10.4 Å². The highest BCUT2D eigenvalue weighted by atomic mass is 16.7. The monoisotopic (exact) mass is 322 g/mol. The summed E-state index contributed by atoms with van der Waals surface area (Å²) in [6.07, 6.45) is 3.06. The van der Waals surface area contributed by atoms with Gasteiger partial charge in [0.25, 0.3) is 0 Å². The average Bonchev–Trinajstić information content (AvgIpc) is 2.95. The van der Waals surface area contributed by atoms with Crippen LogP contribution in [0, 0.1) is 0 Å². The van der Waals surface area contributed by atoms with Gasteiger partial charge >= 0.3 is 6.09 Å². The predicted octanol–water partition coefficient (Wildman–Crippen LogP) is 3.93. The van der Waals surface area contributed by atoms with Crippen molar-refractivity contribution in [3.8, 4) is 11.1 Å². The minimum Gasteiger partial charge on any atom is -0.351 e. The van der Waals surface area contributed by atoms with E-state index < -0.39 is 0 Å². The Labute approximate surface area is 142 Å². The van der Waals surface area contributed by atoms with E-state index in [-0.39, 0.29) is 12.0 Å². The second kappa shape index (κ2) is 6.65. The lowest BCUT2D eigenvalue weighted by atomic mass is 9.97. The molecule has 4 rings (SSSR count). The van der Waals surface area contributed by atoms with E-state index in [4.69, 9.17) is 4.84 Å². The third-order valence-electron chi connectivity index (χ3n) is 4.94. The Hall–Kier alpha value is -2.33. The van der Waals surface area contributed by atoms with Gasteiger partial charge in [0, 0.05) is 25.6 Å². The van der Waals surface area contributed by atoms with Gasteiger partial charge in [0.05, 0.1) is 0 Å². The maximum Gasteiger partial charge on any atom is 0.426 e. The summed E-state index contributed by atoms with van der Waals surface area (Å²) >= 11 is 0. The molecule has 0 unspecified atom stereocenters. The first-order valence-electron chi connectivity index (χ1n) is 8.72. The lowest BCUT2D eigenvalue weighted by Gasteiger charge is -2.25. The molecule has 4 nitrogen and oxygen atoms in total. The molecule has 4 heteroatoms. The molecule has 0 atom stereocenters. The van der Waals surface area contributed by atoms with Crippen molar-refractivity contribution in [3.63, 3.8) is 0 Å². The molecule has 0 spiro atoms. The number of carbonyl (C=O) groups is 1. The zero-order valence-electron chi connectivity index (χ0n) is 13.7. The highest BCUT2D eigenvalue weighted by Crippen LogP contribution is 2.44. The Bertz CT molecular complexity index is 692. The van der Waals surface area contributed by atoms with Crippen LogP contribution in [-0.2, 0) is 4.84 Å². The normalized spacial score (nSPS) is 17.2. The van der Waals surface area contributed by atoms with Gasteiger partial charge in [-0.15, -0.1) is 5.06 Å². The van der Waals surface area contributed by atoms with E-state index in [1.807, 2.05) is 0 Å². The first-order chi connectivity index (χ1) is 11.8. The number of rotatable bonds is 3. The minimum atomic E-state index is -0.348. The van der Waals surface area contributed by atoms with Crippen molar-refractivity contribution in [2.45, 2.75) is 25.2 Å². The van der Waals surface area contributed by atoms with Crippen LogP contribution in [0.5, 0.6) is 0 Å². The van der Waals surface area contributed by atoms with Crippen LogP contribution in [0.2, 0.25) is 0 Å². The molecule has 2 aliphatic rings. The molecule has 1 amide bonds. The van der Waals surface area contributed by atoms with E-state index in [1.54, 1.807) is 5.06 Å². The summed E-state index contributed by atoms with van der Waals surface area (Å²) in [5.41, 5.74) is 5.09. The lowest BCUT2D eigenvalue weighted by Crippen LogP contribution is -2.38. The number of fused-ring (bicyclic) bond motifs is 3. The summed E-state index contributed by atoms with van der Waals surface area (Å²) < 4.78 is 0. The molecule has 2 aromatic carbocycles. The first kappa shape index (κ1) is 15.2. The molecule has 0 aromatic heterocycles. The number of hydrogen-bond donors (Lipinski definition) is 1. The topological polar surface area (TPSA) is 41.6 Å². The van der Waals surface area contributed by atoms with Gasteiger partial charge < -0.3 is 10.2 Å². The number of piperidine rings is 1. The van der Waals surface area contributed by atoms with E-state index in [2.05, 4.69) is 53.8 Å². The van der Waals surface area contributed by atoms with Gasteiger partial charge in [-0.3, -0.25) is 0 Å². The van der Waals surface area contributed by atoms with E-state index >= 15 is 0 Å². The summed E-state index contributed by atoms with van der Waals surface area (Å²) in [5.74, 6) is 0.186. The second-order valence-corrected chi connectivity index (χ2v) is 6.48. The van der Waals surface area contributed by atoms with Crippen LogP contribution in [0.25, 0.3) is 11.1 Å². The van der Waals surface area contributed by atoms with Gasteiger partial charge in [-0.1, -0.05) is 55.0 Å². The minimum absolute atomic E-state index is 0.186. The number of amides is 1. The molecule has 2 aromatic rings. The Morgan fingerprint density at radius 1 is 0.958 bits per heavy atom. The molecule has 0 bridgehead atoms. The third kappa shape index (κ3) is 2.89. The van der Waals surface area contributed by atoms with E-state index in [0.29, 0.717) is 6.54 Å². The molecule has 0 saturated carbocycles. The molecule has 1 saturated heterocycles. The Balaban J connectivity index is 1.45. The first-order valence-corrected chi connectivity index (χ1v) is 8.72. The summed E-state index contributed by atoms with van der Waals surface area (Å²) in [6, 6.07) is 16.9. The molecular formula is C20H22N2O2. The Morgan fingerprint density at radius 3 is 2.17 bits per heavy atom. The van der Waals surface area contributed by atoms with Crippen molar-refractivity contribution in [1.29, 1.82) is 0 Å². The molecule has 24 heavy (non-hydrogen) atoms. The Kier molecular flexibility index (Phi) is 4.22. The van der Waals surface area contributed by atoms with Crippen LogP contribution < -0.4 is 5.32 Å². The number of nitrogens with zero attached hydrogens (tertiary/aromatic N) is 1. The van der Waals surface area contributed by atoms with Crippen molar-refractivity contribution >= 4 is 6.09 Å². The molecule has 1 aliphatic carbocycles. The van der Waals surface area contributed by atoms with Crippen molar-refractivity contribution in [2.75, 3.05) is 19.6 Å². The fourth-order valence-electron chi connectivity index (χ4n) is 3.77. The number of hydroxylamine groups is 2. The lowest BCUT2D eigenvalue weighted by molar-refractivity contribution is -0.110. The van der Waals surface area contributed by atoms with Crippen molar-refractivity contribution in [3.05, 3.63) is 59.7 Å². The number of carbonyl (C=O) groups excluding carboxylic acids is 1. The van der Waals surface area contributed by atoms with E-state index in [0.717, 1.165) is 25.9 Å². The zero-order valence-corrected chi connectivity index (χ0v) is 13.7. The molecular weight excluding hydrogens is 300 g/mol. The SMILES string of the molecule is O=C(NCC1c2ccccc2-c2ccccc21)ON1CCCCC1. The summed E-state index contributed by atoms with van der Waals surface area (Å²) in [4.78, 5) is 17.5. The molecule has 1 fully saturated rings. The maximum atomic E-state index is 12.1. The number of nitrogens with one attached hydrogen (secondary N) is 1. The molecule has 1 heterocycles. The number of benzene rings is 2. The largest absolute Gasteiger partial charge is 0.426 e. The summed E-state index contributed by atoms with van der Waals surface area (Å²) in [5, 5.41) is 4.72. The number of hydrogen-bond acceptors (Lipinski definition) is 3. The van der Waals surface area contributed by atoms with Crippen LogP contribution in [0.3, 0.4) is 0 Å². The predicted molar refractivity (Wildman–Crippen MR) is 93.6 cm³/mol. The van der Waals surface area contributed by atoms with E-state index in [9.17, 15) is 4.79 Å².